The summed E-state index contributed by atoms with van der Waals surface area (Å²) in [4.78, 5) is 11.9. The fourth-order valence-corrected chi connectivity index (χ4v) is 4.16. The number of hydrogen-bond donors (Lipinski definition) is 1. The van der Waals surface area contributed by atoms with Gasteiger partial charge in [-0.25, -0.2) is 13.2 Å². The van der Waals surface area contributed by atoms with Crippen LogP contribution in [0.5, 0.6) is 0 Å². The summed E-state index contributed by atoms with van der Waals surface area (Å²) in [6, 6.07) is 4.59. The van der Waals surface area contributed by atoms with E-state index in [1.54, 1.807) is 26.1 Å². The van der Waals surface area contributed by atoms with E-state index >= 15 is 0 Å². The van der Waals surface area contributed by atoms with Crippen LogP contribution in [0.1, 0.15) is 22.3 Å². The minimum atomic E-state index is -3.63. The zero-order valence-corrected chi connectivity index (χ0v) is 13.2. The number of ether oxygens (including phenoxy) is 1. The molecule has 1 aromatic rings. The third-order valence-corrected chi connectivity index (χ3v) is 5.95. The van der Waals surface area contributed by atoms with Crippen LogP contribution in [0.2, 0.25) is 0 Å². The van der Waals surface area contributed by atoms with Gasteiger partial charge in [0, 0.05) is 19.6 Å². The maximum absolute atomic E-state index is 12.7. The molecular weight excluding hydrogens is 292 g/mol. The first-order valence-corrected chi connectivity index (χ1v) is 8.20. The third-order valence-electron chi connectivity index (χ3n) is 3.89. The van der Waals surface area contributed by atoms with Crippen molar-refractivity contribution in [2.75, 3.05) is 27.2 Å². The number of methoxy groups -OCH3 is 1. The SMILES string of the molecule is COC(=O)c1cccc(S(=O)(=O)N(C)C2CCNC2)c1C. The molecule has 1 aromatic carbocycles. The number of rotatable bonds is 4. The Hall–Kier alpha value is -1.44. The number of esters is 1. The van der Waals surface area contributed by atoms with Crippen LogP contribution in [0.4, 0.5) is 0 Å². The van der Waals surface area contributed by atoms with Gasteiger partial charge in [-0.2, -0.15) is 4.31 Å². The summed E-state index contributed by atoms with van der Waals surface area (Å²) >= 11 is 0. The zero-order chi connectivity index (χ0) is 15.6. The lowest BCUT2D eigenvalue weighted by Gasteiger charge is -2.24. The fraction of sp³-hybridized carbons (Fsp3) is 0.500. The Morgan fingerprint density at radius 1 is 1.43 bits per heavy atom. The zero-order valence-electron chi connectivity index (χ0n) is 12.4. The molecule has 0 aliphatic carbocycles. The van der Waals surface area contributed by atoms with Gasteiger partial charge in [-0.3, -0.25) is 0 Å². The lowest BCUT2D eigenvalue weighted by Crippen LogP contribution is -2.38. The number of sulfonamides is 1. The van der Waals surface area contributed by atoms with E-state index in [9.17, 15) is 13.2 Å². The van der Waals surface area contributed by atoms with Crippen LogP contribution < -0.4 is 5.32 Å². The van der Waals surface area contributed by atoms with Gasteiger partial charge in [-0.1, -0.05) is 6.07 Å². The van der Waals surface area contributed by atoms with Gasteiger partial charge in [0.15, 0.2) is 0 Å². The van der Waals surface area contributed by atoms with Gasteiger partial charge in [0.2, 0.25) is 10.0 Å². The van der Waals surface area contributed by atoms with Gasteiger partial charge in [-0.15, -0.1) is 0 Å². The molecule has 0 radical (unpaired) electrons. The monoisotopic (exact) mass is 312 g/mol. The van der Waals surface area contributed by atoms with Crippen LogP contribution in [0.25, 0.3) is 0 Å². The third kappa shape index (κ3) is 2.95. The first-order chi connectivity index (χ1) is 9.89. The predicted octanol–water partition coefficient (Wildman–Crippen LogP) is 0.764. The molecule has 21 heavy (non-hydrogen) atoms. The van der Waals surface area contributed by atoms with Crippen molar-refractivity contribution in [3.8, 4) is 0 Å². The molecule has 1 N–H and O–H groups in total. The lowest BCUT2D eigenvalue weighted by atomic mass is 10.1. The van der Waals surface area contributed by atoms with Crippen molar-refractivity contribution in [1.82, 2.24) is 9.62 Å². The summed E-state index contributed by atoms with van der Waals surface area (Å²) in [6.45, 7) is 3.08. The van der Waals surface area contributed by atoms with Crippen LogP contribution in [0.15, 0.2) is 23.1 Å². The van der Waals surface area contributed by atoms with E-state index in [1.807, 2.05) is 0 Å². The highest BCUT2D eigenvalue weighted by Crippen LogP contribution is 2.24. The van der Waals surface area contributed by atoms with Crippen molar-refractivity contribution < 1.29 is 17.9 Å². The Labute approximate surface area is 125 Å². The molecule has 6 nitrogen and oxygen atoms in total. The number of carbonyl (C=O) groups excluding carboxylic acids is 1. The van der Waals surface area contributed by atoms with E-state index in [-0.39, 0.29) is 16.5 Å². The quantitative estimate of drug-likeness (QED) is 0.831. The summed E-state index contributed by atoms with van der Waals surface area (Å²) in [5, 5.41) is 3.15. The smallest absolute Gasteiger partial charge is 0.338 e. The lowest BCUT2D eigenvalue weighted by molar-refractivity contribution is 0.0599. The Bertz CT molecular complexity index is 636. The average molecular weight is 312 g/mol. The molecule has 1 fully saturated rings. The molecule has 0 spiro atoms. The second kappa shape index (κ2) is 6.13. The van der Waals surface area contributed by atoms with E-state index < -0.39 is 16.0 Å². The molecule has 0 bridgehead atoms. The molecule has 2 rings (SSSR count). The van der Waals surface area contributed by atoms with Gasteiger partial charge in [0.1, 0.15) is 0 Å². The first kappa shape index (κ1) is 15.9. The van der Waals surface area contributed by atoms with Crippen LogP contribution in [-0.4, -0.2) is 52.0 Å². The van der Waals surface area contributed by atoms with Gasteiger partial charge < -0.3 is 10.1 Å². The van der Waals surface area contributed by atoms with Crippen molar-refractivity contribution in [2.24, 2.45) is 0 Å². The first-order valence-electron chi connectivity index (χ1n) is 6.76. The minimum absolute atomic E-state index is 0.0591. The van der Waals surface area contributed by atoms with Crippen LogP contribution >= 0.6 is 0 Å². The molecule has 0 saturated carbocycles. The van der Waals surface area contributed by atoms with Gasteiger partial charge in [-0.05, 0) is 37.6 Å². The molecule has 116 valence electrons. The highest BCUT2D eigenvalue weighted by atomic mass is 32.2. The van der Waals surface area contributed by atoms with Crippen molar-refractivity contribution in [2.45, 2.75) is 24.3 Å². The molecule has 1 atom stereocenters. The number of benzene rings is 1. The van der Waals surface area contributed by atoms with E-state index in [0.717, 1.165) is 13.0 Å². The Morgan fingerprint density at radius 2 is 2.14 bits per heavy atom. The molecule has 1 saturated heterocycles. The minimum Gasteiger partial charge on any atom is -0.465 e. The number of nitrogens with one attached hydrogen (secondary N) is 1. The topological polar surface area (TPSA) is 75.7 Å². The van der Waals surface area contributed by atoms with E-state index in [0.29, 0.717) is 12.1 Å². The Balaban J connectivity index is 2.42. The molecule has 0 amide bonds. The predicted molar refractivity (Wildman–Crippen MR) is 78.7 cm³/mol. The molecule has 1 aliphatic rings. The largest absolute Gasteiger partial charge is 0.465 e. The standard InChI is InChI=1S/C14H20N2O4S/c1-10-12(14(17)20-3)5-4-6-13(10)21(18,19)16(2)11-7-8-15-9-11/h4-6,11,15H,7-9H2,1-3H3. The normalized spacial score (nSPS) is 19.0. The number of likely N-dealkylation sites (N-methyl/N-ethyl adjacent to an activating group) is 1. The van der Waals surface area contributed by atoms with Crippen LogP contribution in [0, 0.1) is 6.92 Å². The second-order valence-corrected chi connectivity index (χ2v) is 7.05. The summed E-state index contributed by atoms with van der Waals surface area (Å²) in [5.41, 5.74) is 0.693. The second-order valence-electron chi connectivity index (χ2n) is 5.09. The Kier molecular flexibility index (Phi) is 4.65. The summed E-state index contributed by atoms with van der Waals surface area (Å²) in [5.74, 6) is -0.533. The molecule has 1 aliphatic heterocycles. The molecule has 0 aromatic heterocycles. The maximum atomic E-state index is 12.7. The number of hydrogen-bond acceptors (Lipinski definition) is 5. The maximum Gasteiger partial charge on any atom is 0.338 e. The highest BCUT2D eigenvalue weighted by Gasteiger charge is 2.31. The van der Waals surface area contributed by atoms with Crippen molar-refractivity contribution >= 4 is 16.0 Å². The van der Waals surface area contributed by atoms with Crippen molar-refractivity contribution in [1.29, 1.82) is 0 Å². The van der Waals surface area contributed by atoms with Gasteiger partial charge >= 0.3 is 5.97 Å². The molecule has 1 unspecified atom stereocenters. The van der Waals surface area contributed by atoms with Crippen LogP contribution in [-0.2, 0) is 14.8 Å². The van der Waals surface area contributed by atoms with Gasteiger partial charge in [0.05, 0.1) is 17.6 Å². The summed E-state index contributed by atoms with van der Waals surface area (Å²) < 4.78 is 31.6. The number of carbonyl (C=O) groups is 1. The van der Waals surface area contributed by atoms with Crippen molar-refractivity contribution in [3.63, 3.8) is 0 Å². The van der Waals surface area contributed by atoms with Gasteiger partial charge in [0.25, 0.3) is 0 Å². The van der Waals surface area contributed by atoms with E-state index in [4.69, 9.17) is 0 Å². The Morgan fingerprint density at radius 3 is 2.71 bits per heavy atom. The number of nitrogens with zero attached hydrogens (tertiary/aromatic N) is 1. The average Bonchev–Trinajstić information content (AvgIpc) is 2.99. The highest BCUT2D eigenvalue weighted by molar-refractivity contribution is 7.89. The fourth-order valence-electron chi connectivity index (χ4n) is 2.53. The summed E-state index contributed by atoms with van der Waals surface area (Å²) in [7, 11) is -0.774. The molecular formula is C14H20N2O4S. The molecule has 7 heteroatoms. The van der Waals surface area contributed by atoms with E-state index in [1.165, 1.54) is 17.5 Å². The van der Waals surface area contributed by atoms with E-state index in [2.05, 4.69) is 10.1 Å². The summed E-state index contributed by atoms with van der Waals surface area (Å²) in [6.07, 6.45) is 0.783. The van der Waals surface area contributed by atoms with Crippen LogP contribution in [0.3, 0.4) is 0 Å². The molecule has 1 heterocycles. The van der Waals surface area contributed by atoms with Crippen molar-refractivity contribution in [3.05, 3.63) is 29.3 Å².